The molecule has 0 aromatic rings. The van der Waals surface area contributed by atoms with Crippen molar-refractivity contribution in [3.8, 4) is 0 Å². The summed E-state index contributed by atoms with van der Waals surface area (Å²) in [5, 5.41) is 4.61. The lowest BCUT2D eigenvalue weighted by Crippen LogP contribution is -2.42. The zero-order chi connectivity index (χ0) is 12.1. The molecule has 0 aliphatic carbocycles. The monoisotopic (exact) mass is 256 g/mol. The number of thioether (sulfide) groups is 1. The van der Waals surface area contributed by atoms with Crippen LogP contribution in [0, 0.1) is 5.92 Å². The molecule has 0 saturated carbocycles. The number of nitrogens with zero attached hydrogens (tertiary/aromatic N) is 1. The summed E-state index contributed by atoms with van der Waals surface area (Å²) in [7, 11) is 0. The van der Waals surface area contributed by atoms with E-state index in [0.717, 1.165) is 17.2 Å². The van der Waals surface area contributed by atoms with Gasteiger partial charge in [-0.1, -0.05) is 13.8 Å². The van der Waals surface area contributed by atoms with E-state index in [9.17, 15) is 0 Å². The molecule has 1 N–H and O–H groups in total. The lowest BCUT2D eigenvalue weighted by molar-refractivity contribution is 0.275. The highest BCUT2D eigenvalue weighted by molar-refractivity contribution is 7.99. The molecule has 2 saturated heterocycles. The van der Waals surface area contributed by atoms with Gasteiger partial charge in [0.2, 0.25) is 0 Å². The highest BCUT2D eigenvalue weighted by Crippen LogP contribution is 2.25. The average Bonchev–Trinajstić information content (AvgIpc) is 2.81. The van der Waals surface area contributed by atoms with Gasteiger partial charge in [-0.15, -0.1) is 0 Å². The molecule has 17 heavy (non-hydrogen) atoms. The van der Waals surface area contributed by atoms with E-state index in [0.29, 0.717) is 0 Å². The van der Waals surface area contributed by atoms with Crippen LogP contribution in [0.25, 0.3) is 0 Å². The molecule has 2 heterocycles. The predicted molar refractivity (Wildman–Crippen MR) is 77.8 cm³/mol. The van der Waals surface area contributed by atoms with E-state index in [1.54, 1.807) is 0 Å². The van der Waals surface area contributed by atoms with Crippen molar-refractivity contribution in [3.05, 3.63) is 0 Å². The van der Waals surface area contributed by atoms with Crippen LogP contribution in [-0.2, 0) is 0 Å². The molecule has 3 unspecified atom stereocenters. The van der Waals surface area contributed by atoms with Crippen LogP contribution >= 0.6 is 11.8 Å². The third-order valence-corrected chi connectivity index (χ3v) is 5.48. The molecule has 0 spiro atoms. The van der Waals surface area contributed by atoms with Gasteiger partial charge in [-0.25, -0.2) is 0 Å². The minimum absolute atomic E-state index is 0.759. The smallest absolute Gasteiger partial charge is 0.0184 e. The Labute approximate surface area is 111 Å². The molecule has 2 rings (SSSR count). The first-order valence-corrected chi connectivity index (χ1v) is 8.38. The number of hydrogen-bond acceptors (Lipinski definition) is 3. The number of likely N-dealkylation sites (tertiary alicyclic amines) is 1. The molecule has 0 aromatic carbocycles. The molecule has 100 valence electrons. The zero-order valence-electron chi connectivity index (χ0n) is 11.5. The summed E-state index contributed by atoms with van der Waals surface area (Å²) in [6.45, 7) is 9.94. The molecule has 3 heteroatoms. The summed E-state index contributed by atoms with van der Waals surface area (Å²) >= 11 is 2.14. The highest BCUT2D eigenvalue weighted by atomic mass is 32.2. The molecule has 0 radical (unpaired) electrons. The van der Waals surface area contributed by atoms with Crippen LogP contribution in [-0.4, -0.2) is 48.1 Å². The third-order valence-electron chi connectivity index (χ3n) is 4.10. The normalized spacial score (nSPS) is 32.8. The van der Waals surface area contributed by atoms with Gasteiger partial charge in [0.15, 0.2) is 0 Å². The lowest BCUT2D eigenvalue weighted by Gasteiger charge is -2.31. The Morgan fingerprint density at radius 2 is 2.06 bits per heavy atom. The number of hydrogen-bond donors (Lipinski definition) is 1. The lowest BCUT2D eigenvalue weighted by atomic mass is 10.1. The van der Waals surface area contributed by atoms with Crippen molar-refractivity contribution >= 4 is 11.8 Å². The van der Waals surface area contributed by atoms with Crippen molar-refractivity contribution in [1.82, 2.24) is 10.2 Å². The van der Waals surface area contributed by atoms with Gasteiger partial charge in [-0.2, -0.15) is 11.8 Å². The van der Waals surface area contributed by atoms with Crippen LogP contribution in [0.15, 0.2) is 0 Å². The van der Waals surface area contributed by atoms with Crippen molar-refractivity contribution in [2.45, 2.75) is 50.8 Å². The van der Waals surface area contributed by atoms with E-state index in [2.05, 4.69) is 35.8 Å². The maximum absolute atomic E-state index is 3.80. The Hall–Kier alpha value is 0.270. The van der Waals surface area contributed by atoms with Crippen molar-refractivity contribution in [2.75, 3.05) is 31.9 Å². The molecule has 0 bridgehead atoms. The minimum atomic E-state index is 0.759. The zero-order valence-corrected chi connectivity index (χ0v) is 12.3. The van der Waals surface area contributed by atoms with Crippen LogP contribution in [0.4, 0.5) is 0 Å². The van der Waals surface area contributed by atoms with Crippen molar-refractivity contribution in [1.29, 1.82) is 0 Å². The molecule has 3 atom stereocenters. The summed E-state index contributed by atoms with van der Waals surface area (Å²) in [5.41, 5.74) is 0. The van der Waals surface area contributed by atoms with Gasteiger partial charge in [0.05, 0.1) is 0 Å². The summed E-state index contributed by atoms with van der Waals surface area (Å²) in [6.07, 6.45) is 5.60. The first-order valence-electron chi connectivity index (χ1n) is 7.33. The fraction of sp³-hybridized carbons (Fsp3) is 1.00. The van der Waals surface area contributed by atoms with E-state index >= 15 is 0 Å². The van der Waals surface area contributed by atoms with Gasteiger partial charge >= 0.3 is 0 Å². The maximum Gasteiger partial charge on any atom is 0.0184 e. The van der Waals surface area contributed by atoms with Gasteiger partial charge in [-0.05, 0) is 57.0 Å². The van der Waals surface area contributed by atoms with Gasteiger partial charge in [-0.3, -0.25) is 0 Å². The topological polar surface area (TPSA) is 15.3 Å². The molecule has 2 aliphatic heterocycles. The molecule has 0 amide bonds. The second-order valence-electron chi connectivity index (χ2n) is 5.85. The van der Waals surface area contributed by atoms with Crippen LogP contribution in [0.1, 0.15) is 39.5 Å². The average molecular weight is 256 g/mol. The van der Waals surface area contributed by atoms with Crippen molar-refractivity contribution in [2.24, 2.45) is 5.92 Å². The second-order valence-corrected chi connectivity index (χ2v) is 7.33. The van der Waals surface area contributed by atoms with E-state index in [-0.39, 0.29) is 0 Å². The predicted octanol–water partition coefficient (Wildman–Crippen LogP) is 2.59. The van der Waals surface area contributed by atoms with Crippen molar-refractivity contribution < 1.29 is 0 Å². The summed E-state index contributed by atoms with van der Waals surface area (Å²) in [6, 6.07) is 0.759. The van der Waals surface area contributed by atoms with E-state index in [1.165, 1.54) is 57.6 Å². The summed E-state index contributed by atoms with van der Waals surface area (Å²) < 4.78 is 0. The Bertz CT molecular complexity index is 216. The highest BCUT2D eigenvalue weighted by Gasteiger charge is 2.22. The SMILES string of the molecule is CC(CNC1CCCSC1C)CN1CCCC1. The Kier molecular flexibility index (Phi) is 5.64. The van der Waals surface area contributed by atoms with Crippen LogP contribution in [0.5, 0.6) is 0 Å². The molecule has 2 fully saturated rings. The van der Waals surface area contributed by atoms with Crippen LogP contribution < -0.4 is 5.32 Å². The van der Waals surface area contributed by atoms with E-state index < -0.39 is 0 Å². The second kappa shape index (κ2) is 7.01. The van der Waals surface area contributed by atoms with Gasteiger partial charge in [0.25, 0.3) is 0 Å². The Morgan fingerprint density at radius 1 is 1.29 bits per heavy atom. The first-order chi connectivity index (χ1) is 8.25. The Morgan fingerprint density at radius 3 is 2.76 bits per heavy atom. The van der Waals surface area contributed by atoms with Crippen molar-refractivity contribution in [3.63, 3.8) is 0 Å². The number of nitrogens with one attached hydrogen (secondary N) is 1. The molecule has 2 nitrogen and oxygen atoms in total. The van der Waals surface area contributed by atoms with Gasteiger partial charge in [0.1, 0.15) is 0 Å². The number of rotatable bonds is 5. The fourth-order valence-corrected chi connectivity index (χ4v) is 4.18. The van der Waals surface area contributed by atoms with E-state index in [1.807, 2.05) is 0 Å². The summed E-state index contributed by atoms with van der Waals surface area (Å²) in [4.78, 5) is 2.63. The third kappa shape index (κ3) is 4.46. The van der Waals surface area contributed by atoms with Crippen LogP contribution in [0.3, 0.4) is 0 Å². The van der Waals surface area contributed by atoms with Crippen LogP contribution in [0.2, 0.25) is 0 Å². The molecule has 2 aliphatic rings. The minimum Gasteiger partial charge on any atom is -0.313 e. The molecular weight excluding hydrogens is 228 g/mol. The molecule has 0 aromatic heterocycles. The van der Waals surface area contributed by atoms with Gasteiger partial charge in [0, 0.05) is 17.8 Å². The molecular formula is C14H28N2S. The van der Waals surface area contributed by atoms with Gasteiger partial charge < -0.3 is 10.2 Å². The summed E-state index contributed by atoms with van der Waals surface area (Å²) in [5.74, 6) is 2.16. The largest absolute Gasteiger partial charge is 0.313 e. The maximum atomic E-state index is 3.80. The fourth-order valence-electron chi connectivity index (χ4n) is 3.01. The quantitative estimate of drug-likeness (QED) is 0.814. The first kappa shape index (κ1) is 13.7. The Balaban J connectivity index is 1.62. The standard InChI is InChI=1S/C14H28N2S/c1-12(11-16-7-3-4-8-16)10-15-14-6-5-9-17-13(14)2/h12-15H,3-11H2,1-2H3. The van der Waals surface area contributed by atoms with E-state index in [4.69, 9.17) is 0 Å².